The molecule has 0 bridgehead atoms. The molecule has 1 heterocycles. The van der Waals surface area contributed by atoms with E-state index in [9.17, 15) is 10.1 Å². The number of nitrogens with zero attached hydrogens (tertiary/aromatic N) is 3. The summed E-state index contributed by atoms with van der Waals surface area (Å²) in [7, 11) is 0. The van der Waals surface area contributed by atoms with Gasteiger partial charge < -0.3 is 4.90 Å². The molecule has 0 radical (unpaired) electrons. The standard InChI is InChI=1S/C20H21N3O/c1-16-7-9-18(10-8-16)20(24)23-13-11-22(12-14-23)19(15-21)17-5-3-2-4-6-17/h2-10,19H,11-14H2,1H3/t19-/m1/s1. The summed E-state index contributed by atoms with van der Waals surface area (Å²) in [5.74, 6) is 0.0721. The molecule has 1 fully saturated rings. The Bertz CT molecular complexity index is 726. The SMILES string of the molecule is Cc1ccc(C(=O)N2CCN([C@H](C#N)c3ccccc3)CC2)cc1. The van der Waals surface area contributed by atoms with Crippen molar-refractivity contribution in [1.29, 1.82) is 5.26 Å². The molecule has 1 aliphatic rings. The number of carbonyl (C=O) groups excluding carboxylic acids is 1. The molecule has 1 saturated heterocycles. The van der Waals surface area contributed by atoms with Crippen LogP contribution in [-0.2, 0) is 0 Å². The van der Waals surface area contributed by atoms with E-state index in [1.54, 1.807) is 0 Å². The molecule has 0 aromatic heterocycles. The lowest BCUT2D eigenvalue weighted by Gasteiger charge is -2.37. The van der Waals surface area contributed by atoms with E-state index < -0.39 is 0 Å². The molecule has 1 atom stereocenters. The van der Waals surface area contributed by atoms with Crippen LogP contribution in [0.25, 0.3) is 0 Å². The Morgan fingerprint density at radius 2 is 1.62 bits per heavy atom. The lowest BCUT2D eigenvalue weighted by atomic mass is 10.1. The molecule has 2 aromatic carbocycles. The molecule has 0 saturated carbocycles. The Labute approximate surface area is 142 Å². The summed E-state index contributed by atoms with van der Waals surface area (Å²) in [4.78, 5) is 16.6. The predicted octanol–water partition coefficient (Wildman–Crippen LogP) is 3.02. The van der Waals surface area contributed by atoms with Crippen molar-refractivity contribution in [2.75, 3.05) is 26.2 Å². The minimum Gasteiger partial charge on any atom is -0.336 e. The summed E-state index contributed by atoms with van der Waals surface area (Å²) >= 11 is 0. The fourth-order valence-electron chi connectivity index (χ4n) is 3.06. The van der Waals surface area contributed by atoms with E-state index >= 15 is 0 Å². The van der Waals surface area contributed by atoms with Crippen LogP contribution in [-0.4, -0.2) is 41.9 Å². The first kappa shape index (κ1) is 16.2. The quantitative estimate of drug-likeness (QED) is 0.874. The Morgan fingerprint density at radius 3 is 2.21 bits per heavy atom. The monoisotopic (exact) mass is 319 g/mol. The summed E-state index contributed by atoms with van der Waals surface area (Å²) in [6.07, 6.45) is 0. The fourth-order valence-corrected chi connectivity index (χ4v) is 3.06. The molecular formula is C20H21N3O. The summed E-state index contributed by atoms with van der Waals surface area (Å²) < 4.78 is 0. The first-order valence-electron chi connectivity index (χ1n) is 8.23. The minimum atomic E-state index is -0.247. The smallest absolute Gasteiger partial charge is 0.253 e. The van der Waals surface area contributed by atoms with E-state index in [1.165, 1.54) is 0 Å². The van der Waals surface area contributed by atoms with Gasteiger partial charge >= 0.3 is 0 Å². The van der Waals surface area contributed by atoms with Crippen molar-refractivity contribution < 1.29 is 4.79 Å². The van der Waals surface area contributed by atoms with Crippen LogP contribution in [0.15, 0.2) is 54.6 Å². The van der Waals surface area contributed by atoms with Crippen LogP contribution in [0.4, 0.5) is 0 Å². The molecular weight excluding hydrogens is 298 g/mol. The fraction of sp³-hybridized carbons (Fsp3) is 0.300. The van der Waals surface area contributed by atoms with Gasteiger partial charge in [0.05, 0.1) is 6.07 Å². The zero-order valence-corrected chi connectivity index (χ0v) is 13.9. The molecule has 0 unspecified atom stereocenters. The number of carbonyl (C=O) groups is 1. The van der Waals surface area contributed by atoms with Crippen LogP contribution < -0.4 is 0 Å². The van der Waals surface area contributed by atoms with Crippen molar-refractivity contribution >= 4 is 5.91 Å². The molecule has 1 aliphatic heterocycles. The third kappa shape index (κ3) is 3.47. The Balaban J connectivity index is 1.64. The maximum absolute atomic E-state index is 12.6. The molecule has 1 amide bonds. The van der Waals surface area contributed by atoms with Crippen LogP contribution in [0.5, 0.6) is 0 Å². The molecule has 2 aromatic rings. The van der Waals surface area contributed by atoms with E-state index in [0.717, 1.165) is 16.7 Å². The van der Waals surface area contributed by atoms with E-state index in [-0.39, 0.29) is 11.9 Å². The predicted molar refractivity (Wildman–Crippen MR) is 93.5 cm³/mol. The maximum Gasteiger partial charge on any atom is 0.253 e. The van der Waals surface area contributed by atoms with Crippen LogP contribution >= 0.6 is 0 Å². The lowest BCUT2D eigenvalue weighted by Crippen LogP contribution is -2.49. The van der Waals surface area contributed by atoms with Gasteiger partial charge in [0.1, 0.15) is 6.04 Å². The van der Waals surface area contributed by atoms with Gasteiger partial charge in [-0.25, -0.2) is 0 Å². The zero-order valence-electron chi connectivity index (χ0n) is 13.9. The van der Waals surface area contributed by atoms with E-state index in [0.29, 0.717) is 26.2 Å². The van der Waals surface area contributed by atoms with Crippen LogP contribution in [0, 0.1) is 18.3 Å². The first-order valence-corrected chi connectivity index (χ1v) is 8.23. The van der Waals surface area contributed by atoms with Gasteiger partial charge in [-0.1, -0.05) is 48.0 Å². The second kappa shape index (κ2) is 7.29. The molecule has 4 nitrogen and oxygen atoms in total. The number of amides is 1. The highest BCUT2D eigenvalue weighted by atomic mass is 16.2. The average Bonchev–Trinajstić information content (AvgIpc) is 2.64. The van der Waals surface area contributed by atoms with Gasteiger partial charge in [-0.05, 0) is 24.6 Å². The number of benzene rings is 2. The number of hydrogen-bond acceptors (Lipinski definition) is 3. The highest BCUT2D eigenvalue weighted by Crippen LogP contribution is 2.22. The van der Waals surface area contributed by atoms with Crippen LogP contribution in [0.2, 0.25) is 0 Å². The van der Waals surface area contributed by atoms with Gasteiger partial charge in [-0.15, -0.1) is 0 Å². The van der Waals surface area contributed by atoms with Gasteiger partial charge in [-0.3, -0.25) is 9.69 Å². The lowest BCUT2D eigenvalue weighted by molar-refractivity contribution is 0.0606. The number of rotatable bonds is 3. The zero-order chi connectivity index (χ0) is 16.9. The van der Waals surface area contributed by atoms with E-state index in [1.807, 2.05) is 66.4 Å². The van der Waals surface area contributed by atoms with Crippen molar-refractivity contribution in [3.8, 4) is 6.07 Å². The number of piperazine rings is 1. The summed E-state index contributed by atoms with van der Waals surface area (Å²) in [5.41, 5.74) is 2.89. The molecule has 0 spiro atoms. The topological polar surface area (TPSA) is 47.3 Å². The molecule has 0 aliphatic carbocycles. The van der Waals surface area contributed by atoms with Gasteiger partial charge in [0.25, 0.3) is 5.91 Å². The maximum atomic E-state index is 12.6. The second-order valence-electron chi connectivity index (χ2n) is 6.14. The number of hydrogen-bond donors (Lipinski definition) is 0. The van der Waals surface area contributed by atoms with Gasteiger partial charge in [0.15, 0.2) is 0 Å². The van der Waals surface area contributed by atoms with E-state index in [2.05, 4.69) is 11.0 Å². The molecule has 3 rings (SSSR count). The third-order valence-electron chi connectivity index (χ3n) is 4.50. The van der Waals surface area contributed by atoms with Crippen molar-refractivity contribution in [2.45, 2.75) is 13.0 Å². The highest BCUT2D eigenvalue weighted by Gasteiger charge is 2.27. The molecule has 4 heteroatoms. The van der Waals surface area contributed by atoms with Gasteiger partial charge in [-0.2, -0.15) is 5.26 Å². The summed E-state index contributed by atoms with van der Waals surface area (Å²) in [5, 5.41) is 9.54. The first-order chi connectivity index (χ1) is 11.7. The summed E-state index contributed by atoms with van der Waals surface area (Å²) in [6.45, 7) is 4.74. The van der Waals surface area contributed by atoms with Crippen LogP contribution in [0.3, 0.4) is 0 Å². The number of nitriles is 1. The highest BCUT2D eigenvalue weighted by molar-refractivity contribution is 5.94. The number of aryl methyl sites for hydroxylation is 1. The normalized spacial score (nSPS) is 16.4. The third-order valence-corrected chi connectivity index (χ3v) is 4.50. The average molecular weight is 319 g/mol. The van der Waals surface area contributed by atoms with Crippen LogP contribution in [0.1, 0.15) is 27.5 Å². The van der Waals surface area contributed by atoms with Crippen molar-refractivity contribution in [3.05, 3.63) is 71.3 Å². The molecule has 122 valence electrons. The van der Waals surface area contributed by atoms with Crippen molar-refractivity contribution in [2.24, 2.45) is 0 Å². The summed E-state index contributed by atoms with van der Waals surface area (Å²) in [6, 6.07) is 19.7. The van der Waals surface area contributed by atoms with Crippen molar-refractivity contribution in [1.82, 2.24) is 9.80 Å². The molecule has 24 heavy (non-hydrogen) atoms. The van der Waals surface area contributed by atoms with Crippen molar-refractivity contribution in [3.63, 3.8) is 0 Å². The Kier molecular flexibility index (Phi) is 4.93. The van der Waals surface area contributed by atoms with Gasteiger partial charge in [0, 0.05) is 31.7 Å². The van der Waals surface area contributed by atoms with Gasteiger partial charge in [0.2, 0.25) is 0 Å². The molecule has 0 N–H and O–H groups in total. The second-order valence-corrected chi connectivity index (χ2v) is 6.14. The Hall–Kier alpha value is -2.64. The Morgan fingerprint density at radius 1 is 1.00 bits per heavy atom. The largest absolute Gasteiger partial charge is 0.336 e. The van der Waals surface area contributed by atoms with E-state index in [4.69, 9.17) is 0 Å². The minimum absolute atomic E-state index is 0.0721.